The summed E-state index contributed by atoms with van der Waals surface area (Å²) < 4.78 is 73.8. The Morgan fingerprint density at radius 3 is 2.63 bits per heavy atom. The van der Waals surface area contributed by atoms with Crippen LogP contribution in [0.15, 0.2) is 24.4 Å². The third-order valence-corrected chi connectivity index (χ3v) is 7.21. The van der Waals surface area contributed by atoms with Gasteiger partial charge in [0.05, 0.1) is 42.5 Å². The molecule has 0 saturated heterocycles. The first-order valence-corrected chi connectivity index (χ1v) is 13.2. The van der Waals surface area contributed by atoms with Crippen LogP contribution in [0.5, 0.6) is 0 Å². The van der Waals surface area contributed by atoms with E-state index < -0.39 is 48.8 Å². The van der Waals surface area contributed by atoms with E-state index in [-0.39, 0.29) is 37.3 Å². The number of carbonyl (C=O) groups excluding carboxylic acids is 2. The monoisotopic (exact) mass is 585 g/mol. The number of nitrogens with zero attached hydrogens (tertiary/aromatic N) is 4. The quantitative estimate of drug-likeness (QED) is 0.277. The van der Waals surface area contributed by atoms with Gasteiger partial charge in [-0.1, -0.05) is 11.3 Å². The van der Waals surface area contributed by atoms with Crippen LogP contribution in [0.25, 0.3) is 11.0 Å². The summed E-state index contributed by atoms with van der Waals surface area (Å²) >= 11 is 0. The fraction of sp³-hybridized carbons (Fsp3) is 0.577. The van der Waals surface area contributed by atoms with E-state index in [2.05, 4.69) is 30.9 Å². The smallest absolute Gasteiger partial charge is 0.274 e. The molecule has 3 N–H and O–H groups in total. The minimum atomic E-state index is -2.77. The molecule has 15 heteroatoms. The van der Waals surface area contributed by atoms with Gasteiger partial charge < -0.3 is 20.4 Å². The number of imidazole rings is 1. The largest absolute Gasteiger partial charge is 0.383 e. The summed E-state index contributed by atoms with van der Waals surface area (Å²) in [5.74, 6) is -4.59. The Morgan fingerprint density at radius 1 is 1.22 bits per heavy atom. The average Bonchev–Trinajstić information content (AvgIpc) is 3.61. The summed E-state index contributed by atoms with van der Waals surface area (Å²) in [5, 5.41) is 13.0. The number of amides is 2. The van der Waals surface area contributed by atoms with Crippen molar-refractivity contribution < 1.29 is 36.3 Å². The van der Waals surface area contributed by atoms with E-state index in [1.54, 1.807) is 25.1 Å². The molecule has 1 aliphatic rings. The Morgan fingerprint density at radius 2 is 1.95 bits per heavy atom. The molecule has 2 heterocycles. The predicted molar refractivity (Wildman–Crippen MR) is 137 cm³/mol. The number of methoxy groups -OCH3 is 1. The zero-order valence-electron chi connectivity index (χ0n) is 22.5. The number of fused-ring (bicyclic) bond motifs is 1. The minimum absolute atomic E-state index is 0.0460. The van der Waals surface area contributed by atoms with Gasteiger partial charge in [0.2, 0.25) is 12.1 Å². The standard InChI is InChI=1S/C26H32F5N7O3/c1-14(32-25(40)21(29)17(28)12-27)16-3-4-18-19(11-16)34-23(33-18)22(15-5-7-26(30,31)8-6-15)35-24(39)20-13-38(37-36-20)9-10-41-2/h3-4,11,13-15,17,21-22H,5-10,12H2,1-2H3,(H,32,40)(H,33,34)(H,35,39)/t14-,17?,21?,22+/m1/s1. The molecule has 0 bridgehead atoms. The lowest BCUT2D eigenvalue weighted by Gasteiger charge is -2.33. The second-order valence-electron chi connectivity index (χ2n) is 10.2. The number of ether oxygens (including phenoxy) is 1. The van der Waals surface area contributed by atoms with Crippen LogP contribution in [0.3, 0.4) is 0 Å². The van der Waals surface area contributed by atoms with E-state index in [0.29, 0.717) is 35.6 Å². The molecule has 4 rings (SSSR count). The van der Waals surface area contributed by atoms with Gasteiger partial charge in [-0.15, -0.1) is 5.10 Å². The van der Waals surface area contributed by atoms with Gasteiger partial charge in [-0.25, -0.2) is 31.6 Å². The molecule has 4 atom stereocenters. The van der Waals surface area contributed by atoms with Gasteiger partial charge in [-0.05, 0) is 43.4 Å². The molecule has 1 aromatic carbocycles. The Labute approximate surface area is 232 Å². The number of aromatic nitrogens is 5. The Hall–Kier alpha value is -3.62. The van der Waals surface area contributed by atoms with Crippen molar-refractivity contribution in [2.24, 2.45) is 5.92 Å². The van der Waals surface area contributed by atoms with Crippen molar-refractivity contribution in [3.05, 3.63) is 41.5 Å². The summed E-state index contributed by atoms with van der Waals surface area (Å²) in [4.78, 5) is 32.8. The summed E-state index contributed by atoms with van der Waals surface area (Å²) in [6.07, 6.45) is -4.07. The van der Waals surface area contributed by atoms with Crippen LogP contribution in [-0.2, 0) is 16.1 Å². The van der Waals surface area contributed by atoms with Crippen molar-refractivity contribution in [1.29, 1.82) is 0 Å². The van der Waals surface area contributed by atoms with Crippen LogP contribution in [0.4, 0.5) is 22.0 Å². The summed E-state index contributed by atoms with van der Waals surface area (Å²) in [6, 6.07) is 3.40. The Kier molecular flexibility index (Phi) is 9.56. The lowest BCUT2D eigenvalue weighted by Crippen LogP contribution is -2.39. The number of alkyl halides is 5. The molecule has 0 spiro atoms. The topological polar surface area (TPSA) is 127 Å². The molecule has 224 valence electrons. The molecule has 1 saturated carbocycles. The molecular formula is C26H32F5N7O3. The highest BCUT2D eigenvalue weighted by Gasteiger charge is 2.39. The van der Waals surface area contributed by atoms with Crippen molar-refractivity contribution >= 4 is 22.8 Å². The second-order valence-corrected chi connectivity index (χ2v) is 10.2. The number of rotatable bonds is 12. The lowest BCUT2D eigenvalue weighted by molar-refractivity contribution is -0.129. The molecular weight excluding hydrogens is 553 g/mol. The SMILES string of the molecule is COCCn1cc(C(=O)N[C@H](c2nc3ccc([C@@H](C)NC(=O)C(F)C(F)CF)cc3[nH]2)C2CCC(F)(F)CC2)nn1. The normalized spacial score (nSPS) is 18.5. The molecule has 3 aromatic rings. The first-order chi connectivity index (χ1) is 19.5. The van der Waals surface area contributed by atoms with E-state index in [1.807, 2.05) is 0 Å². The number of halogens is 5. The molecule has 41 heavy (non-hydrogen) atoms. The van der Waals surface area contributed by atoms with E-state index in [1.165, 1.54) is 18.0 Å². The van der Waals surface area contributed by atoms with Crippen molar-refractivity contribution in [1.82, 2.24) is 35.6 Å². The molecule has 1 fully saturated rings. The molecule has 0 aliphatic heterocycles. The van der Waals surface area contributed by atoms with Gasteiger partial charge in [-0.3, -0.25) is 9.59 Å². The van der Waals surface area contributed by atoms with Gasteiger partial charge in [0.15, 0.2) is 11.9 Å². The molecule has 0 radical (unpaired) electrons. The van der Waals surface area contributed by atoms with Crippen LogP contribution in [-0.4, -0.2) is 75.4 Å². The number of aromatic amines is 1. The average molecular weight is 586 g/mol. The first-order valence-electron chi connectivity index (χ1n) is 13.2. The minimum Gasteiger partial charge on any atom is -0.383 e. The van der Waals surface area contributed by atoms with Crippen molar-refractivity contribution in [2.75, 3.05) is 20.4 Å². The van der Waals surface area contributed by atoms with E-state index in [4.69, 9.17) is 4.74 Å². The highest BCUT2D eigenvalue weighted by molar-refractivity contribution is 5.92. The third kappa shape index (κ3) is 7.37. The molecule has 2 unspecified atom stereocenters. The number of hydrogen-bond acceptors (Lipinski definition) is 6. The van der Waals surface area contributed by atoms with E-state index in [0.717, 1.165) is 0 Å². The summed E-state index contributed by atoms with van der Waals surface area (Å²) in [6.45, 7) is 0.693. The predicted octanol–water partition coefficient (Wildman–Crippen LogP) is 3.92. The van der Waals surface area contributed by atoms with E-state index in [9.17, 15) is 31.5 Å². The fourth-order valence-corrected chi connectivity index (χ4v) is 4.80. The van der Waals surface area contributed by atoms with Gasteiger partial charge >= 0.3 is 0 Å². The van der Waals surface area contributed by atoms with Crippen molar-refractivity contribution in [3.8, 4) is 0 Å². The highest BCUT2D eigenvalue weighted by Crippen LogP contribution is 2.41. The number of hydrogen-bond donors (Lipinski definition) is 3. The maximum absolute atomic E-state index is 13.9. The zero-order chi connectivity index (χ0) is 29.7. The van der Waals surface area contributed by atoms with Gasteiger partial charge in [0.25, 0.3) is 11.8 Å². The Bertz CT molecular complexity index is 1340. The highest BCUT2D eigenvalue weighted by atomic mass is 19.3. The third-order valence-electron chi connectivity index (χ3n) is 7.21. The first kappa shape index (κ1) is 30.3. The van der Waals surface area contributed by atoms with Gasteiger partial charge in [-0.2, -0.15) is 0 Å². The van der Waals surface area contributed by atoms with Crippen molar-refractivity contribution in [3.63, 3.8) is 0 Å². The number of benzene rings is 1. The number of carbonyl (C=O) groups is 2. The van der Waals surface area contributed by atoms with Crippen LogP contribution in [0.2, 0.25) is 0 Å². The lowest BCUT2D eigenvalue weighted by atomic mass is 9.81. The maximum Gasteiger partial charge on any atom is 0.274 e. The number of nitrogens with one attached hydrogen (secondary N) is 3. The van der Waals surface area contributed by atoms with Crippen LogP contribution in [0, 0.1) is 5.92 Å². The van der Waals surface area contributed by atoms with Crippen LogP contribution >= 0.6 is 0 Å². The maximum atomic E-state index is 13.9. The van der Waals surface area contributed by atoms with Crippen LogP contribution < -0.4 is 10.6 Å². The van der Waals surface area contributed by atoms with Crippen molar-refractivity contribution in [2.45, 2.75) is 69.5 Å². The summed E-state index contributed by atoms with van der Waals surface area (Å²) in [5.41, 5.74) is 1.57. The molecule has 2 aromatic heterocycles. The molecule has 10 nitrogen and oxygen atoms in total. The van der Waals surface area contributed by atoms with Crippen LogP contribution in [0.1, 0.15) is 66.6 Å². The van der Waals surface area contributed by atoms with E-state index >= 15 is 0 Å². The molecule has 1 aliphatic carbocycles. The zero-order valence-corrected chi connectivity index (χ0v) is 22.5. The summed E-state index contributed by atoms with van der Waals surface area (Å²) in [7, 11) is 1.53. The fourth-order valence-electron chi connectivity index (χ4n) is 4.80. The van der Waals surface area contributed by atoms with Gasteiger partial charge in [0.1, 0.15) is 12.5 Å². The molecule has 2 amide bonds. The Balaban J connectivity index is 1.56. The number of H-pyrrole nitrogens is 1. The van der Waals surface area contributed by atoms with Gasteiger partial charge in [0, 0.05) is 20.0 Å². The second kappa shape index (κ2) is 12.9.